The van der Waals surface area contributed by atoms with Crippen LogP contribution in [-0.2, 0) is 14.2 Å². The zero-order valence-corrected chi connectivity index (χ0v) is 7.57. The minimum absolute atomic E-state index is 0.559. The van der Waals surface area contributed by atoms with Gasteiger partial charge in [0.25, 0.3) is 0 Å². The summed E-state index contributed by atoms with van der Waals surface area (Å²) in [6.45, 7) is 2.74. The Bertz CT molecular complexity index is 208. The SMILES string of the molecule is CC1(C)OC2OC(CF)C(O)C2O1. The molecule has 4 unspecified atom stereocenters. The Balaban J connectivity index is 2.07. The number of rotatable bonds is 1. The van der Waals surface area contributed by atoms with Crippen LogP contribution in [0.3, 0.4) is 0 Å². The van der Waals surface area contributed by atoms with E-state index >= 15 is 0 Å². The highest BCUT2D eigenvalue weighted by Gasteiger charge is 2.54. The Labute approximate surface area is 75.6 Å². The van der Waals surface area contributed by atoms with Crippen molar-refractivity contribution in [1.29, 1.82) is 0 Å². The first-order valence-corrected chi connectivity index (χ1v) is 4.28. The van der Waals surface area contributed by atoms with E-state index in [0.717, 1.165) is 0 Å². The number of alkyl halides is 1. The third-order valence-corrected chi connectivity index (χ3v) is 2.27. The van der Waals surface area contributed by atoms with Crippen molar-refractivity contribution in [1.82, 2.24) is 0 Å². The maximum Gasteiger partial charge on any atom is 0.190 e. The monoisotopic (exact) mass is 192 g/mol. The molecule has 0 aromatic carbocycles. The van der Waals surface area contributed by atoms with E-state index < -0.39 is 37.1 Å². The lowest BCUT2D eigenvalue weighted by atomic mass is 10.1. The Morgan fingerprint density at radius 3 is 2.62 bits per heavy atom. The first kappa shape index (κ1) is 9.33. The average molecular weight is 192 g/mol. The Kier molecular flexibility index (Phi) is 2.07. The fourth-order valence-electron chi connectivity index (χ4n) is 1.69. The smallest absolute Gasteiger partial charge is 0.190 e. The second-order valence-electron chi connectivity index (χ2n) is 3.79. The van der Waals surface area contributed by atoms with Crippen LogP contribution < -0.4 is 0 Å². The fraction of sp³-hybridized carbons (Fsp3) is 1.00. The minimum atomic E-state index is -0.934. The quantitative estimate of drug-likeness (QED) is 0.644. The van der Waals surface area contributed by atoms with E-state index in [1.807, 2.05) is 0 Å². The van der Waals surface area contributed by atoms with Crippen molar-refractivity contribution in [3.63, 3.8) is 0 Å². The molecule has 4 nitrogen and oxygen atoms in total. The molecule has 5 heteroatoms. The van der Waals surface area contributed by atoms with Gasteiger partial charge < -0.3 is 19.3 Å². The number of halogens is 1. The van der Waals surface area contributed by atoms with Gasteiger partial charge in [0.2, 0.25) is 0 Å². The van der Waals surface area contributed by atoms with Crippen molar-refractivity contribution in [3.05, 3.63) is 0 Å². The lowest BCUT2D eigenvalue weighted by Gasteiger charge is -2.21. The molecule has 2 aliphatic heterocycles. The van der Waals surface area contributed by atoms with Crippen molar-refractivity contribution < 1.29 is 23.7 Å². The predicted molar refractivity (Wildman–Crippen MR) is 40.7 cm³/mol. The molecule has 0 amide bonds. The predicted octanol–water partition coefficient (Wildman–Crippen LogP) is 0.193. The lowest BCUT2D eigenvalue weighted by molar-refractivity contribution is -0.216. The molecule has 2 heterocycles. The number of fused-ring (bicyclic) bond motifs is 1. The summed E-state index contributed by atoms with van der Waals surface area (Å²) in [5.41, 5.74) is 0. The molecule has 0 bridgehead atoms. The van der Waals surface area contributed by atoms with Gasteiger partial charge in [-0.05, 0) is 13.8 Å². The zero-order chi connectivity index (χ0) is 9.64. The molecule has 0 aliphatic carbocycles. The number of hydrogen-bond acceptors (Lipinski definition) is 4. The minimum Gasteiger partial charge on any atom is -0.387 e. The maximum atomic E-state index is 12.3. The molecule has 0 spiro atoms. The third-order valence-electron chi connectivity index (χ3n) is 2.27. The van der Waals surface area contributed by atoms with E-state index in [1.54, 1.807) is 13.8 Å². The van der Waals surface area contributed by atoms with E-state index in [0.29, 0.717) is 0 Å². The number of aliphatic hydroxyl groups is 1. The second kappa shape index (κ2) is 2.88. The lowest BCUT2D eigenvalue weighted by Crippen LogP contribution is -2.35. The van der Waals surface area contributed by atoms with E-state index in [1.165, 1.54) is 0 Å². The van der Waals surface area contributed by atoms with Gasteiger partial charge >= 0.3 is 0 Å². The van der Waals surface area contributed by atoms with Crippen LogP contribution in [0, 0.1) is 0 Å². The average Bonchev–Trinajstić information content (AvgIpc) is 2.47. The molecule has 76 valence electrons. The first-order chi connectivity index (χ1) is 6.03. The summed E-state index contributed by atoms with van der Waals surface area (Å²) in [4.78, 5) is 0. The van der Waals surface area contributed by atoms with Crippen molar-refractivity contribution in [2.24, 2.45) is 0 Å². The molecule has 0 aromatic rings. The van der Waals surface area contributed by atoms with Gasteiger partial charge in [0.05, 0.1) is 0 Å². The summed E-state index contributed by atoms with van der Waals surface area (Å²) in [5, 5.41) is 9.52. The highest BCUT2D eigenvalue weighted by atomic mass is 19.1. The van der Waals surface area contributed by atoms with Crippen molar-refractivity contribution in [2.75, 3.05) is 6.67 Å². The highest BCUT2D eigenvalue weighted by molar-refractivity contribution is 4.92. The summed E-state index contributed by atoms with van der Waals surface area (Å²) in [5.74, 6) is -0.752. The van der Waals surface area contributed by atoms with Crippen LogP contribution in [0.15, 0.2) is 0 Å². The molecular weight excluding hydrogens is 179 g/mol. The molecular formula is C8H13FO4. The second-order valence-corrected chi connectivity index (χ2v) is 3.79. The molecule has 0 radical (unpaired) electrons. The molecule has 13 heavy (non-hydrogen) atoms. The van der Waals surface area contributed by atoms with Crippen LogP contribution in [0.25, 0.3) is 0 Å². The summed E-state index contributed by atoms with van der Waals surface area (Å²) in [6.07, 6.45) is -2.94. The van der Waals surface area contributed by atoms with E-state index in [9.17, 15) is 9.50 Å². The fourth-order valence-corrected chi connectivity index (χ4v) is 1.69. The van der Waals surface area contributed by atoms with Crippen LogP contribution in [0.4, 0.5) is 4.39 Å². The van der Waals surface area contributed by atoms with E-state index in [4.69, 9.17) is 14.2 Å². The van der Waals surface area contributed by atoms with Gasteiger partial charge in [-0.25, -0.2) is 4.39 Å². The Hall–Kier alpha value is -0.230. The standard InChI is InChI=1S/C8H13FO4/c1-8(2)12-6-5(10)4(3-9)11-7(6)13-8/h4-7,10H,3H2,1-2H3. The molecule has 0 saturated carbocycles. The summed E-state index contributed by atoms with van der Waals surface area (Å²) in [7, 11) is 0. The van der Waals surface area contributed by atoms with E-state index in [-0.39, 0.29) is 0 Å². The largest absolute Gasteiger partial charge is 0.387 e. The van der Waals surface area contributed by atoms with Gasteiger partial charge in [-0.2, -0.15) is 0 Å². The van der Waals surface area contributed by atoms with Gasteiger partial charge in [0, 0.05) is 0 Å². The maximum absolute atomic E-state index is 12.3. The molecule has 2 rings (SSSR count). The highest BCUT2D eigenvalue weighted by Crippen LogP contribution is 2.37. The Morgan fingerprint density at radius 1 is 1.38 bits per heavy atom. The van der Waals surface area contributed by atoms with Crippen molar-refractivity contribution in [3.8, 4) is 0 Å². The van der Waals surface area contributed by atoms with Crippen LogP contribution in [0.5, 0.6) is 0 Å². The van der Waals surface area contributed by atoms with Gasteiger partial charge in [-0.1, -0.05) is 0 Å². The molecule has 4 atom stereocenters. The summed E-state index contributed by atoms with van der Waals surface area (Å²) >= 11 is 0. The molecule has 2 saturated heterocycles. The van der Waals surface area contributed by atoms with Gasteiger partial charge in [0.1, 0.15) is 25.0 Å². The van der Waals surface area contributed by atoms with Crippen molar-refractivity contribution >= 4 is 0 Å². The molecule has 0 aromatic heterocycles. The zero-order valence-electron chi connectivity index (χ0n) is 7.57. The molecule has 2 aliphatic rings. The van der Waals surface area contributed by atoms with Gasteiger partial charge in [-0.3, -0.25) is 0 Å². The molecule has 2 fully saturated rings. The van der Waals surface area contributed by atoms with Gasteiger partial charge in [-0.15, -0.1) is 0 Å². The summed E-state index contributed by atoms with van der Waals surface area (Å²) < 4.78 is 28.0. The number of ether oxygens (including phenoxy) is 3. The van der Waals surface area contributed by atoms with Gasteiger partial charge in [0.15, 0.2) is 12.1 Å². The normalized spacial score (nSPS) is 48.0. The van der Waals surface area contributed by atoms with Crippen LogP contribution in [0.1, 0.15) is 13.8 Å². The van der Waals surface area contributed by atoms with Crippen molar-refractivity contribution in [2.45, 2.75) is 44.2 Å². The first-order valence-electron chi connectivity index (χ1n) is 4.28. The topological polar surface area (TPSA) is 47.9 Å². The number of aliphatic hydroxyl groups excluding tert-OH is 1. The summed E-state index contributed by atoms with van der Waals surface area (Å²) in [6, 6.07) is 0. The van der Waals surface area contributed by atoms with E-state index in [2.05, 4.69) is 0 Å². The van der Waals surface area contributed by atoms with Crippen LogP contribution in [0.2, 0.25) is 0 Å². The third kappa shape index (κ3) is 1.46. The molecule has 1 N–H and O–H groups in total. The Morgan fingerprint density at radius 2 is 2.08 bits per heavy atom. The number of hydrogen-bond donors (Lipinski definition) is 1. The van der Waals surface area contributed by atoms with Crippen LogP contribution in [-0.4, -0.2) is 42.2 Å². The van der Waals surface area contributed by atoms with Crippen LogP contribution >= 0.6 is 0 Å².